The molecule has 0 bridgehead atoms. The molecular formula is C23H30N6OS. The van der Waals surface area contributed by atoms with Crippen LogP contribution in [0.15, 0.2) is 35.5 Å². The molecule has 2 aliphatic rings. The molecule has 8 heteroatoms. The molecule has 2 heterocycles. The number of thioether (sulfide) groups is 1. The van der Waals surface area contributed by atoms with Gasteiger partial charge in [-0.15, -0.1) is 10.2 Å². The normalized spacial score (nSPS) is 19.6. The van der Waals surface area contributed by atoms with Gasteiger partial charge in [-0.2, -0.15) is 5.26 Å². The minimum absolute atomic E-state index is 0.123. The van der Waals surface area contributed by atoms with E-state index in [1.54, 1.807) is 0 Å². The highest BCUT2D eigenvalue weighted by Crippen LogP contribution is 2.31. The second-order valence-corrected chi connectivity index (χ2v) is 9.46. The molecule has 31 heavy (non-hydrogen) atoms. The van der Waals surface area contributed by atoms with Gasteiger partial charge in [-0.25, -0.2) is 0 Å². The third kappa shape index (κ3) is 4.94. The highest BCUT2D eigenvalue weighted by molar-refractivity contribution is 7.99. The monoisotopic (exact) mass is 438 g/mol. The summed E-state index contributed by atoms with van der Waals surface area (Å²) >= 11 is 1.38. The fourth-order valence-electron chi connectivity index (χ4n) is 4.61. The SMILES string of the molecule is CC(c1nnc(SCC(=O)NC2(C#N)CCCC2)n1-c1ccccc1)N1CCCCC1. The molecule has 1 aliphatic heterocycles. The van der Waals surface area contributed by atoms with Crippen molar-refractivity contribution >= 4 is 17.7 Å². The van der Waals surface area contributed by atoms with Crippen LogP contribution in [0.25, 0.3) is 5.69 Å². The predicted octanol–water partition coefficient (Wildman–Crippen LogP) is 3.86. The molecule has 2 aromatic rings. The minimum atomic E-state index is -0.696. The Balaban J connectivity index is 1.52. The first-order valence-electron chi connectivity index (χ1n) is 11.2. The lowest BCUT2D eigenvalue weighted by atomic mass is 10.0. The number of aromatic nitrogens is 3. The van der Waals surface area contributed by atoms with Crippen LogP contribution in [0.5, 0.6) is 0 Å². The molecule has 0 radical (unpaired) electrons. The number of rotatable bonds is 7. The Morgan fingerprint density at radius 3 is 2.55 bits per heavy atom. The van der Waals surface area contributed by atoms with Crippen molar-refractivity contribution in [1.29, 1.82) is 5.26 Å². The van der Waals surface area contributed by atoms with E-state index in [2.05, 4.69) is 38.0 Å². The van der Waals surface area contributed by atoms with Gasteiger partial charge in [-0.05, 0) is 70.7 Å². The number of hydrogen-bond donors (Lipinski definition) is 1. The summed E-state index contributed by atoms with van der Waals surface area (Å²) in [7, 11) is 0. The van der Waals surface area contributed by atoms with Crippen LogP contribution in [0.3, 0.4) is 0 Å². The molecule has 1 amide bonds. The van der Waals surface area contributed by atoms with E-state index in [4.69, 9.17) is 0 Å². The topological polar surface area (TPSA) is 86.8 Å². The Kier molecular flexibility index (Phi) is 6.93. The van der Waals surface area contributed by atoms with Gasteiger partial charge in [0.1, 0.15) is 5.54 Å². The lowest BCUT2D eigenvalue weighted by Gasteiger charge is -2.31. The highest BCUT2D eigenvalue weighted by Gasteiger charge is 2.35. The van der Waals surface area contributed by atoms with E-state index in [0.717, 1.165) is 50.3 Å². The van der Waals surface area contributed by atoms with Crippen molar-refractivity contribution < 1.29 is 4.79 Å². The zero-order valence-corrected chi connectivity index (χ0v) is 18.9. The van der Waals surface area contributed by atoms with Gasteiger partial charge in [0.15, 0.2) is 11.0 Å². The van der Waals surface area contributed by atoms with Crippen molar-refractivity contribution in [1.82, 2.24) is 25.0 Å². The molecule has 164 valence electrons. The first-order valence-corrected chi connectivity index (χ1v) is 12.2. The number of hydrogen-bond acceptors (Lipinski definition) is 6. The molecule has 1 unspecified atom stereocenters. The van der Waals surface area contributed by atoms with Crippen LogP contribution >= 0.6 is 11.8 Å². The van der Waals surface area contributed by atoms with E-state index in [1.165, 1.54) is 31.0 Å². The number of nitrogens with zero attached hydrogens (tertiary/aromatic N) is 5. The van der Waals surface area contributed by atoms with E-state index < -0.39 is 5.54 Å². The van der Waals surface area contributed by atoms with E-state index in [0.29, 0.717) is 5.16 Å². The lowest BCUT2D eigenvalue weighted by molar-refractivity contribution is -0.119. The molecular weight excluding hydrogens is 408 g/mol. The first kappa shape index (κ1) is 21.8. The molecule has 4 rings (SSSR count). The number of piperidine rings is 1. The van der Waals surface area contributed by atoms with Gasteiger partial charge < -0.3 is 5.32 Å². The summed E-state index contributed by atoms with van der Waals surface area (Å²) in [6.07, 6.45) is 7.16. The average molecular weight is 439 g/mol. The number of carbonyl (C=O) groups is 1. The van der Waals surface area contributed by atoms with Crippen molar-refractivity contribution in [3.05, 3.63) is 36.2 Å². The molecule has 0 spiro atoms. The maximum atomic E-state index is 12.6. The molecule has 1 atom stereocenters. The molecule has 1 aromatic carbocycles. The largest absolute Gasteiger partial charge is 0.337 e. The minimum Gasteiger partial charge on any atom is -0.337 e. The summed E-state index contributed by atoms with van der Waals surface area (Å²) < 4.78 is 2.08. The Labute approximate surface area is 188 Å². The number of amides is 1. The smallest absolute Gasteiger partial charge is 0.231 e. The molecule has 7 nitrogen and oxygen atoms in total. The van der Waals surface area contributed by atoms with Crippen LogP contribution in [0, 0.1) is 11.3 Å². The van der Waals surface area contributed by atoms with Crippen LogP contribution in [-0.2, 0) is 4.79 Å². The van der Waals surface area contributed by atoms with Gasteiger partial charge in [-0.1, -0.05) is 36.4 Å². The van der Waals surface area contributed by atoms with E-state index in [9.17, 15) is 10.1 Å². The average Bonchev–Trinajstić information content (AvgIpc) is 3.46. The number of nitrogens with one attached hydrogen (secondary N) is 1. The number of likely N-dealkylation sites (tertiary alicyclic amines) is 1. The van der Waals surface area contributed by atoms with E-state index >= 15 is 0 Å². The van der Waals surface area contributed by atoms with Crippen LogP contribution < -0.4 is 5.32 Å². The van der Waals surface area contributed by atoms with Gasteiger partial charge in [0.2, 0.25) is 5.91 Å². The first-order chi connectivity index (χ1) is 15.1. The van der Waals surface area contributed by atoms with Gasteiger partial charge in [0, 0.05) is 5.69 Å². The number of para-hydroxylation sites is 1. The molecule has 1 N–H and O–H groups in total. The summed E-state index contributed by atoms with van der Waals surface area (Å²) in [6, 6.07) is 12.6. The fraction of sp³-hybridized carbons (Fsp3) is 0.565. The predicted molar refractivity (Wildman–Crippen MR) is 121 cm³/mol. The fourth-order valence-corrected chi connectivity index (χ4v) is 5.37. The maximum absolute atomic E-state index is 12.6. The summed E-state index contributed by atoms with van der Waals surface area (Å²) in [5.41, 5.74) is 0.303. The van der Waals surface area contributed by atoms with Crippen molar-refractivity contribution in [3.8, 4) is 11.8 Å². The van der Waals surface area contributed by atoms with Gasteiger partial charge in [-0.3, -0.25) is 14.3 Å². The lowest BCUT2D eigenvalue weighted by Crippen LogP contribution is -2.45. The summed E-state index contributed by atoms with van der Waals surface area (Å²) in [6.45, 7) is 4.33. The molecule has 1 saturated carbocycles. The Morgan fingerprint density at radius 1 is 1.16 bits per heavy atom. The van der Waals surface area contributed by atoms with Gasteiger partial charge in [0.25, 0.3) is 0 Å². The Hall–Kier alpha value is -2.37. The second kappa shape index (κ2) is 9.84. The summed E-state index contributed by atoms with van der Waals surface area (Å²) in [4.78, 5) is 15.1. The number of nitriles is 1. The van der Waals surface area contributed by atoms with Crippen molar-refractivity contribution in [2.45, 2.75) is 68.6 Å². The van der Waals surface area contributed by atoms with Crippen LogP contribution in [0.1, 0.15) is 63.7 Å². The Morgan fingerprint density at radius 2 is 1.87 bits per heavy atom. The highest BCUT2D eigenvalue weighted by atomic mass is 32.2. The molecule has 1 saturated heterocycles. The van der Waals surface area contributed by atoms with Crippen molar-refractivity contribution in [2.75, 3.05) is 18.8 Å². The van der Waals surface area contributed by atoms with Gasteiger partial charge in [0.05, 0.1) is 17.9 Å². The Bertz CT molecular complexity index is 925. The van der Waals surface area contributed by atoms with Crippen LogP contribution in [-0.4, -0.2) is 50.0 Å². The van der Waals surface area contributed by atoms with Crippen LogP contribution in [0.2, 0.25) is 0 Å². The van der Waals surface area contributed by atoms with Gasteiger partial charge >= 0.3 is 0 Å². The summed E-state index contributed by atoms with van der Waals surface area (Å²) in [5, 5.41) is 22.2. The van der Waals surface area contributed by atoms with E-state index in [-0.39, 0.29) is 17.7 Å². The molecule has 1 aliphatic carbocycles. The zero-order chi connectivity index (χ0) is 21.7. The van der Waals surface area contributed by atoms with Crippen LogP contribution in [0.4, 0.5) is 0 Å². The number of benzene rings is 1. The molecule has 1 aromatic heterocycles. The third-order valence-electron chi connectivity index (χ3n) is 6.37. The van der Waals surface area contributed by atoms with Crippen molar-refractivity contribution in [2.24, 2.45) is 0 Å². The van der Waals surface area contributed by atoms with E-state index in [1.807, 2.05) is 30.3 Å². The quantitative estimate of drug-likeness (QED) is 0.661. The number of carbonyl (C=O) groups excluding carboxylic acids is 1. The second-order valence-electron chi connectivity index (χ2n) is 8.52. The third-order valence-corrected chi connectivity index (χ3v) is 7.30. The molecule has 2 fully saturated rings. The van der Waals surface area contributed by atoms with Crippen molar-refractivity contribution in [3.63, 3.8) is 0 Å². The summed E-state index contributed by atoms with van der Waals surface area (Å²) in [5.74, 6) is 0.994. The maximum Gasteiger partial charge on any atom is 0.231 e. The zero-order valence-electron chi connectivity index (χ0n) is 18.1. The standard InChI is InChI=1S/C23H30N6OS/c1-18(28-14-8-3-9-15-28)21-26-27-22(29(21)19-10-4-2-5-11-19)31-16-20(30)25-23(17-24)12-6-7-13-23/h2,4-5,10-11,18H,3,6-9,12-16H2,1H3,(H,25,30).